The van der Waals surface area contributed by atoms with E-state index in [1.807, 2.05) is 0 Å². The van der Waals surface area contributed by atoms with E-state index in [0.29, 0.717) is 11.4 Å². The molecule has 2 aliphatic heterocycles. The Morgan fingerprint density at radius 2 is 1.63 bits per heavy atom. The van der Waals surface area contributed by atoms with Gasteiger partial charge in [0.15, 0.2) is 0 Å². The van der Waals surface area contributed by atoms with Crippen LogP contribution in [0.5, 0.6) is 0 Å². The van der Waals surface area contributed by atoms with Gasteiger partial charge in [-0.1, -0.05) is 36.4 Å². The second kappa shape index (κ2) is 6.26. The monoisotopic (exact) mass is 373 g/mol. The summed E-state index contributed by atoms with van der Waals surface area (Å²) in [5.74, 6) is -2.04. The summed E-state index contributed by atoms with van der Waals surface area (Å²) in [6.45, 7) is -0.139. The topological polar surface area (TPSA) is 46.6 Å². The van der Waals surface area contributed by atoms with Gasteiger partial charge in [0, 0.05) is 18.0 Å². The highest BCUT2D eigenvalue weighted by Crippen LogP contribution is 2.45. The molecule has 4 rings (SSSR count). The minimum atomic E-state index is -4.58. The van der Waals surface area contributed by atoms with E-state index < -0.39 is 23.6 Å². The lowest BCUT2D eigenvalue weighted by Crippen LogP contribution is -2.37. The van der Waals surface area contributed by atoms with Crippen molar-refractivity contribution in [1.82, 2.24) is 0 Å². The molecule has 27 heavy (non-hydrogen) atoms. The van der Waals surface area contributed by atoms with Gasteiger partial charge in [0.1, 0.15) is 6.61 Å². The minimum absolute atomic E-state index is 0.0857. The van der Waals surface area contributed by atoms with Crippen molar-refractivity contribution in [1.29, 1.82) is 0 Å². The second-order valence-electron chi connectivity index (χ2n) is 6.34. The summed E-state index contributed by atoms with van der Waals surface area (Å²) >= 11 is 0. The van der Waals surface area contributed by atoms with Gasteiger partial charge < -0.3 is 4.74 Å². The van der Waals surface area contributed by atoms with Crippen LogP contribution in [0.25, 0.3) is 0 Å². The molecule has 0 aliphatic carbocycles. The second-order valence-corrected chi connectivity index (χ2v) is 6.34. The normalized spacial score (nSPS) is 20.0. The fourth-order valence-electron chi connectivity index (χ4n) is 3.66. The highest BCUT2D eigenvalue weighted by atomic mass is 19.4. The predicted molar refractivity (Wildman–Crippen MR) is 90.7 cm³/mol. The lowest BCUT2D eigenvalue weighted by atomic mass is 9.82. The Hall–Kier alpha value is -3.09. The molecular formula is C20H14F3NO3. The third kappa shape index (κ3) is 2.89. The average molecular weight is 373 g/mol. The van der Waals surface area contributed by atoms with Crippen molar-refractivity contribution in [3.05, 3.63) is 77.0 Å². The van der Waals surface area contributed by atoms with E-state index in [4.69, 9.17) is 4.74 Å². The Morgan fingerprint density at radius 1 is 0.963 bits per heavy atom. The smallest absolute Gasteiger partial charge is 0.416 e. The molecule has 0 spiro atoms. The molecule has 2 aromatic carbocycles. The van der Waals surface area contributed by atoms with E-state index in [9.17, 15) is 22.8 Å². The number of esters is 1. The van der Waals surface area contributed by atoms with Crippen LogP contribution in [0.2, 0.25) is 0 Å². The highest BCUT2D eigenvalue weighted by Gasteiger charge is 2.45. The Morgan fingerprint density at radius 3 is 2.33 bits per heavy atom. The average Bonchev–Trinajstić information content (AvgIpc) is 3.02. The van der Waals surface area contributed by atoms with Crippen LogP contribution in [0.15, 0.2) is 65.9 Å². The Balaban J connectivity index is 1.87. The molecular weight excluding hydrogens is 359 g/mol. The van der Waals surface area contributed by atoms with Gasteiger partial charge in [0.2, 0.25) is 5.91 Å². The summed E-state index contributed by atoms with van der Waals surface area (Å²) in [6.07, 6.45) is -4.82. The number of hydrogen-bond acceptors (Lipinski definition) is 3. The van der Waals surface area contributed by atoms with E-state index in [1.54, 1.807) is 30.3 Å². The van der Waals surface area contributed by atoms with Gasteiger partial charge in [-0.2, -0.15) is 13.2 Å². The molecule has 0 saturated carbocycles. The molecule has 1 unspecified atom stereocenters. The molecule has 1 amide bonds. The van der Waals surface area contributed by atoms with Crippen molar-refractivity contribution in [3.8, 4) is 0 Å². The third-order valence-corrected chi connectivity index (χ3v) is 4.77. The first kappa shape index (κ1) is 17.3. The number of rotatable bonds is 2. The lowest BCUT2D eigenvalue weighted by Gasteiger charge is -2.32. The van der Waals surface area contributed by atoms with Crippen LogP contribution in [-0.4, -0.2) is 18.5 Å². The summed E-state index contributed by atoms with van der Waals surface area (Å²) < 4.78 is 45.5. The minimum Gasteiger partial charge on any atom is -0.456 e. The Labute approximate surface area is 152 Å². The van der Waals surface area contributed by atoms with Gasteiger partial charge in [0.05, 0.1) is 16.8 Å². The maximum Gasteiger partial charge on any atom is 0.416 e. The molecule has 0 radical (unpaired) electrons. The molecule has 1 atom stereocenters. The number of cyclic esters (lactones) is 1. The van der Waals surface area contributed by atoms with Gasteiger partial charge in [-0.05, 0) is 23.8 Å². The van der Waals surface area contributed by atoms with Crippen molar-refractivity contribution in [3.63, 3.8) is 0 Å². The molecule has 138 valence electrons. The summed E-state index contributed by atoms with van der Waals surface area (Å²) in [5, 5.41) is 0. The molecule has 2 aliphatic rings. The maximum atomic E-state index is 13.5. The van der Waals surface area contributed by atoms with Crippen molar-refractivity contribution >= 4 is 17.6 Å². The molecule has 0 saturated heterocycles. The first-order valence-corrected chi connectivity index (χ1v) is 8.32. The SMILES string of the molecule is O=C1OCC2=C1C(c1ccccc1C(F)(F)F)CC(=O)N2c1ccccc1. The van der Waals surface area contributed by atoms with E-state index in [2.05, 4.69) is 0 Å². The van der Waals surface area contributed by atoms with E-state index >= 15 is 0 Å². The number of ether oxygens (including phenoxy) is 1. The quantitative estimate of drug-likeness (QED) is 0.747. The Kier molecular flexibility index (Phi) is 4.02. The number of anilines is 1. The zero-order chi connectivity index (χ0) is 19.2. The first-order valence-electron chi connectivity index (χ1n) is 8.32. The molecule has 0 aromatic heterocycles. The summed E-state index contributed by atoms with van der Waals surface area (Å²) in [7, 11) is 0. The molecule has 2 aromatic rings. The number of hydrogen-bond donors (Lipinski definition) is 0. The highest BCUT2D eigenvalue weighted by molar-refractivity contribution is 6.06. The van der Waals surface area contributed by atoms with Gasteiger partial charge >= 0.3 is 12.1 Å². The van der Waals surface area contributed by atoms with Crippen molar-refractivity contribution in [2.45, 2.75) is 18.5 Å². The molecule has 7 heteroatoms. The van der Waals surface area contributed by atoms with Crippen molar-refractivity contribution in [2.75, 3.05) is 11.5 Å². The number of amides is 1. The van der Waals surface area contributed by atoms with Crippen LogP contribution in [0.4, 0.5) is 18.9 Å². The maximum absolute atomic E-state index is 13.5. The summed E-state index contributed by atoms with van der Waals surface area (Å²) in [5.41, 5.74) is 0.0513. The van der Waals surface area contributed by atoms with Crippen LogP contribution in [0.3, 0.4) is 0 Å². The zero-order valence-electron chi connectivity index (χ0n) is 14.0. The fraction of sp³-hybridized carbons (Fsp3) is 0.200. The van der Waals surface area contributed by atoms with Crippen LogP contribution >= 0.6 is 0 Å². The number of para-hydroxylation sites is 1. The van der Waals surface area contributed by atoms with Gasteiger partial charge in [0.25, 0.3) is 0 Å². The van der Waals surface area contributed by atoms with Crippen LogP contribution < -0.4 is 4.90 Å². The number of alkyl halides is 3. The Bertz CT molecular complexity index is 950. The van der Waals surface area contributed by atoms with Crippen LogP contribution in [-0.2, 0) is 20.5 Å². The van der Waals surface area contributed by atoms with Gasteiger partial charge in [-0.3, -0.25) is 9.69 Å². The predicted octanol–water partition coefficient (Wildman–Crippen LogP) is 4.04. The van der Waals surface area contributed by atoms with E-state index in [-0.39, 0.29) is 30.1 Å². The number of halogens is 3. The van der Waals surface area contributed by atoms with Gasteiger partial charge in [-0.15, -0.1) is 0 Å². The van der Waals surface area contributed by atoms with Crippen molar-refractivity contribution in [2.24, 2.45) is 0 Å². The fourth-order valence-corrected chi connectivity index (χ4v) is 3.66. The molecule has 0 fully saturated rings. The zero-order valence-corrected chi connectivity index (χ0v) is 14.0. The standard InChI is InChI=1S/C20H14F3NO3/c21-20(22,23)15-9-5-4-8-13(15)14-10-17(25)24(12-6-2-1-3-7-12)16-11-27-19(26)18(14)16/h1-9,14H,10-11H2. The van der Waals surface area contributed by atoms with Gasteiger partial charge in [-0.25, -0.2) is 4.79 Å². The number of nitrogens with zero attached hydrogens (tertiary/aromatic N) is 1. The summed E-state index contributed by atoms with van der Waals surface area (Å²) in [4.78, 5) is 26.5. The van der Waals surface area contributed by atoms with Crippen molar-refractivity contribution < 1.29 is 27.5 Å². The molecule has 0 bridgehead atoms. The molecule has 2 heterocycles. The number of carbonyl (C=O) groups is 2. The van der Waals surface area contributed by atoms with E-state index in [1.165, 1.54) is 23.1 Å². The molecule has 0 N–H and O–H groups in total. The number of carbonyl (C=O) groups excluding carboxylic acids is 2. The molecule has 4 nitrogen and oxygen atoms in total. The summed E-state index contributed by atoms with van der Waals surface area (Å²) in [6, 6.07) is 13.7. The first-order chi connectivity index (χ1) is 12.9. The van der Waals surface area contributed by atoms with Crippen LogP contribution in [0.1, 0.15) is 23.5 Å². The van der Waals surface area contributed by atoms with E-state index in [0.717, 1.165) is 6.07 Å². The van der Waals surface area contributed by atoms with Crippen LogP contribution in [0, 0.1) is 0 Å². The number of benzene rings is 2. The largest absolute Gasteiger partial charge is 0.456 e. The lowest BCUT2D eigenvalue weighted by molar-refractivity contribution is -0.139. The third-order valence-electron chi connectivity index (χ3n) is 4.77.